The van der Waals surface area contributed by atoms with E-state index in [1.54, 1.807) is 0 Å². The third kappa shape index (κ3) is 7.26. The summed E-state index contributed by atoms with van der Waals surface area (Å²) in [5, 5.41) is 2.95. The van der Waals surface area contributed by atoms with E-state index < -0.39 is 0 Å². The van der Waals surface area contributed by atoms with Gasteiger partial charge in [0.25, 0.3) is 0 Å². The molecule has 2 nitrogen and oxygen atoms in total. The Hall–Kier alpha value is -8.69. The molecule has 3 heteroatoms. The van der Waals surface area contributed by atoms with Crippen molar-refractivity contribution < 1.29 is 4.42 Å². The van der Waals surface area contributed by atoms with Crippen LogP contribution in [0.25, 0.3) is 99.8 Å². The highest BCUT2D eigenvalue weighted by Crippen LogP contribution is 2.61. The fourth-order valence-corrected chi connectivity index (χ4v) is 11.6. The minimum absolute atomic E-state index is 0.297. The Morgan fingerprint density at radius 2 is 0.750 bits per heavy atom. The summed E-state index contributed by atoms with van der Waals surface area (Å²) in [5.41, 5.74) is 23.8. The third-order valence-electron chi connectivity index (χ3n) is 14.7. The molecule has 0 fully saturated rings. The minimum Gasteiger partial charge on any atom is -0.455 e. The summed E-state index contributed by atoms with van der Waals surface area (Å²) in [6.45, 7) is 4.79. The quantitative estimate of drug-likeness (QED) is 0.143. The molecule has 0 amide bonds. The van der Waals surface area contributed by atoms with E-state index >= 15 is 0 Å². The maximum absolute atomic E-state index is 6.70. The molecule has 12 aromatic rings. The van der Waals surface area contributed by atoms with Crippen LogP contribution in [-0.2, 0) is 5.41 Å². The van der Waals surface area contributed by atoms with E-state index in [0.717, 1.165) is 61.3 Å². The van der Waals surface area contributed by atoms with Crippen LogP contribution < -0.4 is 4.90 Å². The van der Waals surface area contributed by atoms with Crippen molar-refractivity contribution in [2.75, 3.05) is 4.90 Å². The minimum atomic E-state index is -0.297. The van der Waals surface area contributed by atoms with E-state index in [0.29, 0.717) is 5.02 Å². The SMILES string of the molecule is CC1(C)c2ccccc2-c2c(-c3ccccc3)c(-c3ccc(N(c4ccc(-c5ccccc5)cc4)c4ccc(-c5cccc6c5oc5ccccc56)cc4)cc3)c(-c3ccc(Cl)cc3)c(-c3ccccc3)c21. The monoisotopic (exact) mass is 941 g/mol. The van der Waals surface area contributed by atoms with Crippen molar-refractivity contribution in [2.24, 2.45) is 0 Å². The van der Waals surface area contributed by atoms with Gasteiger partial charge in [0.1, 0.15) is 11.2 Å². The van der Waals surface area contributed by atoms with E-state index in [4.69, 9.17) is 16.0 Å². The zero-order chi connectivity index (χ0) is 48.3. The van der Waals surface area contributed by atoms with Gasteiger partial charge in [-0.1, -0.05) is 226 Å². The Bertz CT molecular complexity index is 3950. The topological polar surface area (TPSA) is 16.4 Å². The number of anilines is 3. The number of benzene rings is 11. The van der Waals surface area contributed by atoms with E-state index in [1.807, 2.05) is 24.3 Å². The number of halogens is 1. The van der Waals surface area contributed by atoms with Gasteiger partial charge in [0.05, 0.1) is 0 Å². The van der Waals surface area contributed by atoms with Crippen molar-refractivity contribution in [3.63, 3.8) is 0 Å². The molecule has 0 N–H and O–H groups in total. The molecule has 11 aromatic carbocycles. The van der Waals surface area contributed by atoms with Crippen LogP contribution >= 0.6 is 11.6 Å². The molecule has 1 heterocycles. The number of para-hydroxylation sites is 2. The van der Waals surface area contributed by atoms with Crippen LogP contribution in [0.1, 0.15) is 25.0 Å². The molecule has 1 aliphatic rings. The van der Waals surface area contributed by atoms with E-state index in [2.05, 4.69) is 249 Å². The lowest BCUT2D eigenvalue weighted by Gasteiger charge is -2.31. The summed E-state index contributed by atoms with van der Waals surface area (Å²) in [6, 6.07) is 91.7. The molecule has 13 rings (SSSR count). The maximum Gasteiger partial charge on any atom is 0.143 e. The van der Waals surface area contributed by atoms with E-state index in [1.165, 1.54) is 66.8 Å². The zero-order valence-corrected chi connectivity index (χ0v) is 40.7. The van der Waals surface area contributed by atoms with Crippen molar-refractivity contribution in [2.45, 2.75) is 19.3 Å². The third-order valence-corrected chi connectivity index (χ3v) is 15.0. The average Bonchev–Trinajstić information content (AvgIpc) is 3.94. The second-order valence-electron chi connectivity index (χ2n) is 19.3. The summed E-state index contributed by atoms with van der Waals surface area (Å²) in [6.07, 6.45) is 0. The first-order valence-corrected chi connectivity index (χ1v) is 25.1. The van der Waals surface area contributed by atoms with Crippen molar-refractivity contribution in [1.29, 1.82) is 0 Å². The van der Waals surface area contributed by atoms with Crippen LogP contribution in [0.5, 0.6) is 0 Å². The van der Waals surface area contributed by atoms with Crippen molar-refractivity contribution in [3.8, 4) is 77.9 Å². The van der Waals surface area contributed by atoms with Crippen LogP contribution in [0.4, 0.5) is 17.1 Å². The highest BCUT2D eigenvalue weighted by molar-refractivity contribution is 6.30. The fourth-order valence-electron chi connectivity index (χ4n) is 11.4. The Kier molecular flexibility index (Phi) is 10.6. The molecule has 0 bridgehead atoms. The summed E-state index contributed by atoms with van der Waals surface area (Å²) in [5.74, 6) is 0. The van der Waals surface area contributed by atoms with E-state index in [-0.39, 0.29) is 5.41 Å². The smallest absolute Gasteiger partial charge is 0.143 e. The Morgan fingerprint density at radius 3 is 1.38 bits per heavy atom. The number of rotatable bonds is 9. The molecule has 0 spiro atoms. The van der Waals surface area contributed by atoms with Crippen LogP contribution in [-0.4, -0.2) is 0 Å². The summed E-state index contributed by atoms with van der Waals surface area (Å²) in [4.78, 5) is 2.36. The van der Waals surface area contributed by atoms with Gasteiger partial charge in [-0.05, 0) is 138 Å². The Morgan fingerprint density at radius 1 is 0.333 bits per heavy atom. The predicted octanol–water partition coefficient (Wildman–Crippen LogP) is 20.0. The average molecular weight is 943 g/mol. The molecule has 0 atom stereocenters. The largest absolute Gasteiger partial charge is 0.455 e. The van der Waals surface area contributed by atoms with Crippen molar-refractivity contribution in [1.82, 2.24) is 0 Å². The molecular weight excluding hydrogens is 894 g/mol. The number of fused-ring (bicyclic) bond motifs is 6. The van der Waals surface area contributed by atoms with Gasteiger partial charge in [-0.15, -0.1) is 0 Å². The van der Waals surface area contributed by atoms with Gasteiger partial charge >= 0.3 is 0 Å². The predicted molar refractivity (Wildman–Crippen MR) is 304 cm³/mol. The number of nitrogens with zero attached hydrogens (tertiary/aromatic N) is 1. The molecule has 1 aliphatic carbocycles. The van der Waals surface area contributed by atoms with Crippen LogP contribution in [0.15, 0.2) is 259 Å². The molecule has 0 radical (unpaired) electrons. The first kappa shape index (κ1) is 43.3. The fraction of sp³-hybridized carbons (Fsp3) is 0.0435. The van der Waals surface area contributed by atoms with Gasteiger partial charge in [-0.2, -0.15) is 0 Å². The lowest BCUT2D eigenvalue weighted by molar-refractivity contribution is 0.662. The second kappa shape index (κ2) is 17.6. The van der Waals surface area contributed by atoms with Gasteiger partial charge in [0.2, 0.25) is 0 Å². The Balaban J connectivity index is 1.03. The van der Waals surface area contributed by atoms with Gasteiger partial charge in [0, 0.05) is 43.8 Å². The highest BCUT2D eigenvalue weighted by atomic mass is 35.5. The van der Waals surface area contributed by atoms with Gasteiger partial charge < -0.3 is 9.32 Å². The van der Waals surface area contributed by atoms with Crippen LogP contribution in [0, 0.1) is 0 Å². The van der Waals surface area contributed by atoms with Gasteiger partial charge in [-0.25, -0.2) is 0 Å². The molecule has 0 saturated carbocycles. The molecule has 0 saturated heterocycles. The summed E-state index contributed by atoms with van der Waals surface area (Å²) >= 11 is 6.70. The van der Waals surface area contributed by atoms with Crippen molar-refractivity contribution >= 4 is 50.6 Å². The van der Waals surface area contributed by atoms with E-state index in [9.17, 15) is 0 Å². The summed E-state index contributed by atoms with van der Waals surface area (Å²) in [7, 11) is 0. The molecule has 72 heavy (non-hydrogen) atoms. The Labute approximate surface area is 425 Å². The molecule has 1 aromatic heterocycles. The lowest BCUT2D eigenvalue weighted by Crippen LogP contribution is -2.17. The van der Waals surface area contributed by atoms with Crippen molar-refractivity contribution in [3.05, 3.63) is 271 Å². The van der Waals surface area contributed by atoms with Crippen LogP contribution in [0.3, 0.4) is 0 Å². The lowest BCUT2D eigenvalue weighted by atomic mass is 9.72. The molecule has 342 valence electrons. The normalized spacial score (nSPS) is 12.5. The zero-order valence-electron chi connectivity index (χ0n) is 40.0. The summed E-state index contributed by atoms with van der Waals surface area (Å²) < 4.78 is 6.50. The molecule has 0 aliphatic heterocycles. The van der Waals surface area contributed by atoms with Gasteiger partial charge in [-0.3, -0.25) is 0 Å². The standard InChI is InChI=1S/C69H48ClNO/c1-69(2)60-27-14-12-24-59(60)66-64(48-19-8-4-9-20-48)62(63(50-29-37-52(70)38-30-50)65(67(66)69)49-21-10-5-11-22-49)51-35-43-55(44-36-51)71(53-39-31-46(32-40-53)45-17-6-3-7-18-45)54-41-33-47(34-42-54)56-25-16-26-58-57-23-13-15-28-61(57)72-68(56)58/h3-44H,1-2H3. The molecular formula is C69H48ClNO. The second-order valence-corrected chi connectivity index (χ2v) is 19.7. The number of furan rings is 1. The molecule has 0 unspecified atom stereocenters. The number of hydrogen-bond acceptors (Lipinski definition) is 2. The van der Waals surface area contributed by atoms with Gasteiger partial charge in [0.15, 0.2) is 0 Å². The number of hydrogen-bond donors (Lipinski definition) is 0. The highest BCUT2D eigenvalue weighted by Gasteiger charge is 2.42. The maximum atomic E-state index is 6.70. The first-order valence-electron chi connectivity index (χ1n) is 24.7. The van der Waals surface area contributed by atoms with Crippen LogP contribution in [0.2, 0.25) is 5.02 Å². The first-order chi connectivity index (χ1) is 35.4.